The van der Waals surface area contributed by atoms with E-state index in [1.807, 2.05) is 11.4 Å². The lowest BCUT2D eigenvalue weighted by molar-refractivity contribution is 0.836. The average Bonchev–Trinajstić information content (AvgIpc) is 2.44. The third-order valence-electron chi connectivity index (χ3n) is 1.87. The molecule has 0 spiro atoms. The van der Waals surface area contributed by atoms with Crippen LogP contribution in [-0.4, -0.2) is 5.87 Å². The molecular formula is C10H10N2S. The Hall–Kier alpha value is -1.18. The van der Waals surface area contributed by atoms with Crippen molar-refractivity contribution in [2.45, 2.75) is 13.8 Å². The topological polar surface area (TPSA) is 24.7 Å². The molecule has 0 bridgehead atoms. The first-order valence-electron chi connectivity index (χ1n) is 4.22. The van der Waals surface area contributed by atoms with Gasteiger partial charge in [-0.3, -0.25) is 0 Å². The zero-order chi connectivity index (χ0) is 9.26. The fourth-order valence-corrected chi connectivity index (χ4v) is 2.21. The van der Waals surface area contributed by atoms with Crippen molar-refractivity contribution in [3.63, 3.8) is 0 Å². The lowest BCUT2D eigenvalue weighted by Gasteiger charge is -2.00. The minimum atomic E-state index is 0.423. The van der Waals surface area contributed by atoms with Crippen LogP contribution in [-0.2, 0) is 0 Å². The highest BCUT2D eigenvalue weighted by molar-refractivity contribution is 7.07. The van der Waals surface area contributed by atoms with Crippen LogP contribution in [0.1, 0.15) is 13.8 Å². The third kappa shape index (κ3) is 1.48. The number of fused-ring (bicyclic) bond motifs is 1. The first-order chi connectivity index (χ1) is 6.29. The van der Waals surface area contributed by atoms with E-state index < -0.39 is 0 Å². The molecule has 0 N–H and O–H groups in total. The molecule has 0 atom stereocenters. The molecule has 66 valence electrons. The van der Waals surface area contributed by atoms with Crippen molar-refractivity contribution in [1.29, 1.82) is 0 Å². The van der Waals surface area contributed by atoms with E-state index >= 15 is 0 Å². The molecule has 0 unspecified atom stereocenters. The minimum Gasteiger partial charge on any atom is -0.245 e. The first kappa shape index (κ1) is 8.42. The summed E-state index contributed by atoms with van der Waals surface area (Å²) in [6, 6.07) is 2.02. The molecule has 13 heavy (non-hydrogen) atoms. The normalized spacial score (nSPS) is 14.2. The maximum absolute atomic E-state index is 4.26. The predicted octanol–water partition coefficient (Wildman–Crippen LogP) is 1.33. The largest absolute Gasteiger partial charge is 0.245 e. The highest BCUT2D eigenvalue weighted by Crippen LogP contribution is 2.10. The lowest BCUT2D eigenvalue weighted by atomic mass is 10.1. The number of hydrogen-bond donors (Lipinski definition) is 0. The van der Waals surface area contributed by atoms with E-state index in [-0.39, 0.29) is 0 Å². The fourth-order valence-electron chi connectivity index (χ4n) is 1.23. The minimum absolute atomic E-state index is 0.423. The van der Waals surface area contributed by atoms with E-state index in [1.54, 1.807) is 17.5 Å². The van der Waals surface area contributed by atoms with Crippen molar-refractivity contribution in [1.82, 2.24) is 0 Å². The number of nitrogens with zero attached hydrogens (tertiary/aromatic N) is 2. The molecule has 2 rings (SSSR count). The van der Waals surface area contributed by atoms with Gasteiger partial charge in [0.25, 0.3) is 0 Å². The van der Waals surface area contributed by atoms with Gasteiger partial charge in [0, 0.05) is 5.87 Å². The van der Waals surface area contributed by atoms with Crippen molar-refractivity contribution in [3.05, 3.63) is 27.5 Å². The van der Waals surface area contributed by atoms with E-state index in [9.17, 15) is 0 Å². The molecule has 1 aromatic heterocycles. The molecule has 0 aromatic carbocycles. The summed E-state index contributed by atoms with van der Waals surface area (Å²) in [5.74, 6) is 3.24. The summed E-state index contributed by atoms with van der Waals surface area (Å²) in [5.41, 5.74) is 1.09. The summed E-state index contributed by atoms with van der Waals surface area (Å²) in [6.45, 7) is 4.27. The molecule has 1 aromatic rings. The second-order valence-corrected chi connectivity index (χ2v) is 4.09. The summed E-state index contributed by atoms with van der Waals surface area (Å²) < 4.78 is 1.18. The molecule has 0 radical (unpaired) electrons. The summed E-state index contributed by atoms with van der Waals surface area (Å²) >= 11 is 1.69. The molecule has 0 fully saturated rings. The standard InChI is InChI=1S/C10H10N2S/c1-7(2)9-10-8(3-6-13-10)11-4-5-12-9/h3-4,6-7H,1-2H3. The van der Waals surface area contributed by atoms with Gasteiger partial charge >= 0.3 is 0 Å². The van der Waals surface area contributed by atoms with Gasteiger partial charge in [-0.1, -0.05) is 13.8 Å². The van der Waals surface area contributed by atoms with Crippen LogP contribution in [0.3, 0.4) is 0 Å². The first-order valence-corrected chi connectivity index (χ1v) is 5.10. The molecular weight excluding hydrogens is 180 g/mol. The van der Waals surface area contributed by atoms with E-state index in [0.29, 0.717) is 5.92 Å². The zero-order valence-electron chi connectivity index (χ0n) is 7.61. The van der Waals surface area contributed by atoms with Crippen LogP contribution in [0.4, 0.5) is 0 Å². The van der Waals surface area contributed by atoms with Gasteiger partial charge in [0.2, 0.25) is 0 Å². The number of thiophene rings is 1. The van der Waals surface area contributed by atoms with Crippen LogP contribution in [0.15, 0.2) is 27.6 Å². The highest BCUT2D eigenvalue weighted by atomic mass is 32.1. The van der Waals surface area contributed by atoms with E-state index in [0.717, 1.165) is 11.1 Å². The molecule has 0 saturated carbocycles. The van der Waals surface area contributed by atoms with Crippen LogP contribution in [0.25, 0.3) is 5.70 Å². The Morgan fingerprint density at radius 2 is 2.31 bits per heavy atom. The number of hydrogen-bond acceptors (Lipinski definition) is 3. The smallest absolute Gasteiger partial charge is 0.0889 e. The molecule has 2 nitrogen and oxygen atoms in total. The SMILES string of the molecule is CC(C)C1=c2sccc2=NC=C=N1. The molecule has 3 heteroatoms. The van der Waals surface area contributed by atoms with Gasteiger partial charge in [0.1, 0.15) is 0 Å². The molecule has 2 heterocycles. The highest BCUT2D eigenvalue weighted by Gasteiger charge is 2.05. The van der Waals surface area contributed by atoms with Crippen LogP contribution in [0.2, 0.25) is 0 Å². The Labute approximate surface area is 80.7 Å². The Kier molecular flexibility index (Phi) is 2.13. The Morgan fingerprint density at radius 1 is 1.46 bits per heavy atom. The molecule has 1 aliphatic heterocycles. The quantitative estimate of drug-likeness (QED) is 0.638. The second kappa shape index (κ2) is 3.29. The van der Waals surface area contributed by atoms with Crippen molar-refractivity contribution >= 4 is 22.9 Å². The Morgan fingerprint density at radius 3 is 3.08 bits per heavy atom. The summed E-state index contributed by atoms with van der Waals surface area (Å²) in [4.78, 5) is 8.50. The number of rotatable bonds is 1. The number of aliphatic imine (C=N–C) groups is 1. The lowest BCUT2D eigenvalue weighted by Crippen LogP contribution is -2.21. The van der Waals surface area contributed by atoms with Gasteiger partial charge in [-0.15, -0.1) is 11.3 Å². The predicted molar refractivity (Wildman–Crippen MR) is 55.4 cm³/mol. The van der Waals surface area contributed by atoms with Gasteiger partial charge < -0.3 is 0 Å². The molecule has 0 aliphatic carbocycles. The van der Waals surface area contributed by atoms with Crippen LogP contribution >= 0.6 is 11.3 Å². The zero-order valence-corrected chi connectivity index (χ0v) is 8.43. The summed E-state index contributed by atoms with van der Waals surface area (Å²) in [7, 11) is 0. The van der Waals surface area contributed by atoms with Gasteiger partial charge in [-0.05, 0) is 17.4 Å². The maximum Gasteiger partial charge on any atom is 0.0889 e. The Bertz CT molecular complexity index is 487. The van der Waals surface area contributed by atoms with E-state index in [2.05, 4.69) is 29.7 Å². The molecule has 0 saturated heterocycles. The summed E-state index contributed by atoms with van der Waals surface area (Å²) in [6.07, 6.45) is 1.63. The maximum atomic E-state index is 4.26. The van der Waals surface area contributed by atoms with Crippen LogP contribution < -0.4 is 9.89 Å². The van der Waals surface area contributed by atoms with Crippen molar-refractivity contribution in [2.24, 2.45) is 15.9 Å². The van der Waals surface area contributed by atoms with E-state index in [1.165, 1.54) is 4.53 Å². The Balaban J connectivity index is 2.85. The van der Waals surface area contributed by atoms with Crippen LogP contribution in [0, 0.1) is 5.92 Å². The molecule has 1 aliphatic rings. The summed E-state index contributed by atoms with van der Waals surface area (Å²) in [5, 5.41) is 3.06. The van der Waals surface area contributed by atoms with Crippen molar-refractivity contribution in [3.8, 4) is 0 Å². The second-order valence-electron chi connectivity index (χ2n) is 3.17. The van der Waals surface area contributed by atoms with Crippen molar-refractivity contribution in [2.75, 3.05) is 0 Å². The van der Waals surface area contributed by atoms with Gasteiger partial charge in [-0.25, -0.2) is 9.98 Å². The van der Waals surface area contributed by atoms with Gasteiger partial charge in [0.05, 0.1) is 21.8 Å². The third-order valence-corrected chi connectivity index (χ3v) is 2.80. The van der Waals surface area contributed by atoms with E-state index in [4.69, 9.17) is 0 Å². The van der Waals surface area contributed by atoms with Gasteiger partial charge in [0.15, 0.2) is 0 Å². The van der Waals surface area contributed by atoms with Crippen molar-refractivity contribution < 1.29 is 0 Å². The monoisotopic (exact) mass is 190 g/mol. The van der Waals surface area contributed by atoms with Crippen LogP contribution in [0.5, 0.6) is 0 Å². The molecule has 0 amide bonds. The van der Waals surface area contributed by atoms with Gasteiger partial charge in [-0.2, -0.15) is 0 Å². The average molecular weight is 190 g/mol. The fraction of sp³-hybridized carbons (Fsp3) is 0.300.